The van der Waals surface area contributed by atoms with Gasteiger partial charge in [0.1, 0.15) is 12.1 Å². The van der Waals surface area contributed by atoms with E-state index in [4.69, 9.17) is 0 Å². The van der Waals surface area contributed by atoms with E-state index < -0.39 is 0 Å². The van der Waals surface area contributed by atoms with Crippen LogP contribution in [0.2, 0.25) is 0 Å². The van der Waals surface area contributed by atoms with Gasteiger partial charge in [0, 0.05) is 12.6 Å². The summed E-state index contributed by atoms with van der Waals surface area (Å²) in [5.41, 5.74) is 0.322. The topological polar surface area (TPSA) is 75.1 Å². The van der Waals surface area contributed by atoms with E-state index in [1.807, 2.05) is 0 Å². The first-order valence-electron chi connectivity index (χ1n) is 5.98. The highest BCUT2D eigenvalue weighted by atomic mass is 16.1. The van der Waals surface area contributed by atoms with Gasteiger partial charge >= 0.3 is 5.69 Å². The molecule has 0 unspecified atom stereocenters. The van der Waals surface area contributed by atoms with Crippen molar-refractivity contribution in [1.82, 2.24) is 19.6 Å². The molecule has 17 heavy (non-hydrogen) atoms. The zero-order valence-electron chi connectivity index (χ0n) is 9.94. The molecule has 6 nitrogen and oxygen atoms in total. The molecule has 0 saturated carbocycles. The van der Waals surface area contributed by atoms with Crippen LogP contribution in [0.3, 0.4) is 0 Å². The first kappa shape index (κ1) is 11.6. The Labute approximate surface area is 99.1 Å². The molecule has 0 aliphatic heterocycles. The molecule has 0 aliphatic carbocycles. The van der Waals surface area contributed by atoms with Gasteiger partial charge in [0.25, 0.3) is 0 Å². The van der Waals surface area contributed by atoms with Gasteiger partial charge in [-0.1, -0.05) is 26.2 Å². The Morgan fingerprint density at radius 1 is 1.41 bits per heavy atom. The molecule has 0 aromatic carbocycles. The van der Waals surface area contributed by atoms with Crippen molar-refractivity contribution in [3.05, 3.63) is 22.9 Å². The predicted molar refractivity (Wildman–Crippen MR) is 66.2 cm³/mol. The van der Waals surface area contributed by atoms with Gasteiger partial charge in [0.05, 0.1) is 0 Å². The number of hydrogen-bond donors (Lipinski definition) is 2. The zero-order valence-corrected chi connectivity index (χ0v) is 9.94. The normalized spacial score (nSPS) is 10.9. The fourth-order valence-corrected chi connectivity index (χ4v) is 1.67. The van der Waals surface area contributed by atoms with Gasteiger partial charge in [0.2, 0.25) is 0 Å². The van der Waals surface area contributed by atoms with E-state index in [9.17, 15) is 4.79 Å². The molecule has 0 saturated heterocycles. The molecule has 2 N–H and O–H groups in total. The molecule has 2 heterocycles. The minimum atomic E-state index is -0.262. The van der Waals surface area contributed by atoms with Gasteiger partial charge < -0.3 is 5.32 Å². The van der Waals surface area contributed by atoms with Crippen molar-refractivity contribution in [2.75, 3.05) is 11.9 Å². The fourth-order valence-electron chi connectivity index (χ4n) is 1.67. The Morgan fingerprint density at radius 2 is 2.29 bits per heavy atom. The molecular formula is C11H17N5O. The van der Waals surface area contributed by atoms with Gasteiger partial charge in [0.15, 0.2) is 5.65 Å². The number of aromatic nitrogens is 4. The molecule has 0 radical (unpaired) electrons. The molecule has 0 atom stereocenters. The van der Waals surface area contributed by atoms with E-state index in [2.05, 4.69) is 27.4 Å². The average molecular weight is 235 g/mol. The summed E-state index contributed by atoms with van der Waals surface area (Å²) in [6.45, 7) is 3.09. The summed E-state index contributed by atoms with van der Waals surface area (Å²) in [5, 5.41) is 9.48. The third kappa shape index (κ3) is 2.83. The zero-order chi connectivity index (χ0) is 12.1. The number of hydrogen-bond acceptors (Lipinski definition) is 4. The lowest BCUT2D eigenvalue weighted by atomic mass is 10.2. The van der Waals surface area contributed by atoms with Crippen molar-refractivity contribution in [2.45, 2.75) is 32.6 Å². The lowest BCUT2D eigenvalue weighted by Gasteiger charge is -2.04. The van der Waals surface area contributed by atoms with E-state index >= 15 is 0 Å². The second-order valence-corrected chi connectivity index (χ2v) is 4.02. The summed E-state index contributed by atoms with van der Waals surface area (Å²) in [5.74, 6) is 0.757. The highest BCUT2D eigenvalue weighted by Gasteiger charge is 2.01. The Morgan fingerprint density at radius 3 is 3.12 bits per heavy atom. The molecule has 0 fully saturated rings. The van der Waals surface area contributed by atoms with Gasteiger partial charge in [-0.25, -0.2) is 19.3 Å². The van der Waals surface area contributed by atoms with Crippen molar-refractivity contribution >= 4 is 11.5 Å². The van der Waals surface area contributed by atoms with Crippen LogP contribution < -0.4 is 11.0 Å². The highest BCUT2D eigenvalue weighted by Crippen LogP contribution is 2.05. The van der Waals surface area contributed by atoms with Crippen LogP contribution >= 0.6 is 0 Å². The van der Waals surface area contributed by atoms with Crippen LogP contribution in [0.25, 0.3) is 5.65 Å². The summed E-state index contributed by atoms with van der Waals surface area (Å²) in [4.78, 5) is 15.4. The summed E-state index contributed by atoms with van der Waals surface area (Å²) in [6, 6.07) is 1.76. The van der Waals surface area contributed by atoms with E-state index in [-0.39, 0.29) is 5.69 Å². The summed E-state index contributed by atoms with van der Waals surface area (Å²) < 4.78 is 1.38. The van der Waals surface area contributed by atoms with Crippen molar-refractivity contribution in [3.8, 4) is 0 Å². The lowest BCUT2D eigenvalue weighted by molar-refractivity contribution is 0.684. The van der Waals surface area contributed by atoms with Crippen LogP contribution in [0.15, 0.2) is 17.2 Å². The smallest absolute Gasteiger partial charge is 0.348 e. The van der Waals surface area contributed by atoms with E-state index in [1.54, 1.807) is 6.07 Å². The average Bonchev–Trinajstić information content (AvgIpc) is 2.71. The number of aromatic amines is 1. The van der Waals surface area contributed by atoms with Gasteiger partial charge in [-0.3, -0.25) is 0 Å². The molecule has 92 valence electrons. The Hall–Kier alpha value is -1.85. The lowest BCUT2D eigenvalue weighted by Crippen LogP contribution is -2.10. The molecule has 6 heteroatoms. The van der Waals surface area contributed by atoms with Crippen LogP contribution in [0, 0.1) is 0 Å². The first-order valence-corrected chi connectivity index (χ1v) is 5.98. The SMILES string of the molecule is CCCCCCNc1cc2n[nH]c(=O)n2cn1. The molecule has 0 amide bonds. The van der Waals surface area contributed by atoms with Crippen molar-refractivity contribution in [2.24, 2.45) is 0 Å². The van der Waals surface area contributed by atoms with Crippen LogP contribution in [-0.2, 0) is 0 Å². The van der Waals surface area contributed by atoms with Gasteiger partial charge in [-0.2, -0.15) is 5.10 Å². The number of rotatable bonds is 6. The van der Waals surface area contributed by atoms with Crippen molar-refractivity contribution in [1.29, 1.82) is 0 Å². The molecule has 2 rings (SSSR count). The Kier molecular flexibility index (Phi) is 3.74. The monoisotopic (exact) mass is 235 g/mol. The maximum atomic E-state index is 11.2. The fraction of sp³-hybridized carbons (Fsp3) is 0.545. The van der Waals surface area contributed by atoms with Gasteiger partial charge in [-0.05, 0) is 6.42 Å². The minimum absolute atomic E-state index is 0.262. The molecule has 0 aliphatic rings. The number of nitrogens with zero attached hydrogens (tertiary/aromatic N) is 3. The summed E-state index contributed by atoms with van der Waals surface area (Å²) >= 11 is 0. The largest absolute Gasteiger partial charge is 0.370 e. The summed E-state index contributed by atoms with van der Waals surface area (Å²) in [6.07, 6.45) is 6.35. The van der Waals surface area contributed by atoms with E-state index in [1.165, 1.54) is 30.0 Å². The first-order chi connectivity index (χ1) is 8.31. The maximum Gasteiger partial charge on any atom is 0.348 e. The van der Waals surface area contributed by atoms with E-state index in [0.717, 1.165) is 18.8 Å². The van der Waals surface area contributed by atoms with Crippen LogP contribution in [0.1, 0.15) is 32.6 Å². The molecule has 2 aromatic rings. The van der Waals surface area contributed by atoms with Crippen molar-refractivity contribution in [3.63, 3.8) is 0 Å². The number of fused-ring (bicyclic) bond motifs is 1. The molecular weight excluding hydrogens is 218 g/mol. The third-order valence-corrected chi connectivity index (χ3v) is 2.65. The van der Waals surface area contributed by atoms with Crippen LogP contribution in [0.4, 0.5) is 5.82 Å². The Bertz CT molecular complexity index is 530. The predicted octanol–water partition coefficient (Wildman–Crippen LogP) is 1.41. The standard InChI is InChI=1S/C11H17N5O/c1-2-3-4-5-6-12-9-7-10-14-15-11(17)16(10)8-13-9/h7-8,12H,2-6H2,1H3,(H,15,17). The molecule has 0 bridgehead atoms. The van der Waals surface area contributed by atoms with E-state index in [0.29, 0.717) is 5.65 Å². The van der Waals surface area contributed by atoms with Crippen molar-refractivity contribution < 1.29 is 0 Å². The summed E-state index contributed by atoms with van der Waals surface area (Å²) in [7, 11) is 0. The maximum absolute atomic E-state index is 11.2. The number of anilines is 1. The second-order valence-electron chi connectivity index (χ2n) is 4.02. The quantitative estimate of drug-likeness (QED) is 0.742. The van der Waals surface area contributed by atoms with Gasteiger partial charge in [-0.15, -0.1) is 0 Å². The third-order valence-electron chi connectivity index (χ3n) is 2.65. The molecule has 0 spiro atoms. The Balaban J connectivity index is 1.93. The highest BCUT2D eigenvalue weighted by molar-refractivity contribution is 5.48. The number of nitrogens with one attached hydrogen (secondary N) is 2. The second kappa shape index (κ2) is 5.47. The minimum Gasteiger partial charge on any atom is -0.370 e. The molecule has 2 aromatic heterocycles. The number of H-pyrrole nitrogens is 1. The number of unbranched alkanes of at least 4 members (excludes halogenated alkanes) is 3. The van der Waals surface area contributed by atoms with Crippen LogP contribution in [-0.4, -0.2) is 26.1 Å². The van der Waals surface area contributed by atoms with Crippen LogP contribution in [0.5, 0.6) is 0 Å².